The van der Waals surface area contributed by atoms with Crippen molar-refractivity contribution in [3.8, 4) is 0 Å². The van der Waals surface area contributed by atoms with Gasteiger partial charge in [-0.1, -0.05) is 38.1 Å². The number of rotatable bonds is 3. The van der Waals surface area contributed by atoms with Crippen molar-refractivity contribution in [2.24, 2.45) is 0 Å². The van der Waals surface area contributed by atoms with Gasteiger partial charge in [-0.15, -0.1) is 5.10 Å². The zero-order chi connectivity index (χ0) is 15.9. The number of fused-ring (bicyclic) bond motifs is 1. The second-order valence-corrected chi connectivity index (χ2v) is 6.66. The van der Waals surface area contributed by atoms with E-state index in [9.17, 15) is 14.3 Å². The zero-order valence-electron chi connectivity index (χ0n) is 10.8. The maximum absolute atomic E-state index is 14.6. The van der Waals surface area contributed by atoms with E-state index in [0.29, 0.717) is 15.3 Å². The molecule has 1 heterocycles. The molecule has 0 saturated heterocycles. The second kappa shape index (κ2) is 5.91. The lowest BCUT2D eigenvalue weighted by molar-refractivity contribution is 0.0695. The Hall–Kier alpha value is -1.57. The minimum atomic E-state index is -1.20. The Labute approximate surface area is 141 Å². The fourth-order valence-electron chi connectivity index (χ4n) is 2.14. The Morgan fingerprint density at radius 1 is 1.41 bits per heavy atom. The third kappa shape index (κ3) is 2.71. The maximum atomic E-state index is 14.6. The van der Waals surface area contributed by atoms with Crippen LogP contribution in [-0.4, -0.2) is 20.7 Å². The Morgan fingerprint density at radius 3 is 2.86 bits per heavy atom. The Kier molecular flexibility index (Phi) is 4.12. The predicted molar refractivity (Wildman–Crippen MR) is 86.3 cm³/mol. The van der Waals surface area contributed by atoms with E-state index in [4.69, 9.17) is 11.6 Å². The lowest BCUT2D eigenvalue weighted by Gasteiger charge is -2.10. The van der Waals surface area contributed by atoms with Gasteiger partial charge in [-0.05, 0) is 35.3 Å². The van der Waals surface area contributed by atoms with Gasteiger partial charge in [0, 0.05) is 21.5 Å². The summed E-state index contributed by atoms with van der Waals surface area (Å²) in [7, 11) is 0. The van der Waals surface area contributed by atoms with Gasteiger partial charge < -0.3 is 5.11 Å². The smallest absolute Gasteiger partial charge is 0.336 e. The number of benzene rings is 2. The number of carboxylic acid groups (broad SMARTS) is 1. The van der Waals surface area contributed by atoms with E-state index in [-0.39, 0.29) is 23.1 Å². The summed E-state index contributed by atoms with van der Waals surface area (Å²) in [6.07, 6.45) is 0.0625. The van der Waals surface area contributed by atoms with Gasteiger partial charge in [0.05, 0.1) is 10.3 Å². The van der Waals surface area contributed by atoms with Gasteiger partial charge in [-0.3, -0.25) is 0 Å². The van der Waals surface area contributed by atoms with Crippen molar-refractivity contribution in [1.82, 2.24) is 9.59 Å². The molecule has 0 spiro atoms. The SMILES string of the molecule is O=C(O)c1cc2snnc2c(F)c1Cc1ccc(Br)cc1Cl. The molecule has 2 aromatic carbocycles. The fourth-order valence-corrected chi connectivity index (χ4v) is 3.48. The van der Waals surface area contributed by atoms with Crippen molar-refractivity contribution in [3.05, 3.63) is 56.3 Å². The molecule has 3 rings (SSSR count). The number of aromatic carboxylic acids is 1. The highest BCUT2D eigenvalue weighted by atomic mass is 79.9. The van der Waals surface area contributed by atoms with E-state index >= 15 is 0 Å². The van der Waals surface area contributed by atoms with Crippen LogP contribution in [-0.2, 0) is 6.42 Å². The molecule has 0 unspecified atom stereocenters. The first-order valence-electron chi connectivity index (χ1n) is 6.08. The summed E-state index contributed by atoms with van der Waals surface area (Å²) in [5.74, 6) is -1.86. The van der Waals surface area contributed by atoms with Crippen LogP contribution in [0.1, 0.15) is 21.5 Å². The molecule has 22 heavy (non-hydrogen) atoms. The van der Waals surface area contributed by atoms with Crippen molar-refractivity contribution < 1.29 is 14.3 Å². The molecule has 8 heteroatoms. The van der Waals surface area contributed by atoms with Crippen LogP contribution in [0.5, 0.6) is 0 Å². The van der Waals surface area contributed by atoms with Crippen LogP contribution < -0.4 is 0 Å². The average Bonchev–Trinajstić information content (AvgIpc) is 2.92. The molecule has 112 valence electrons. The topological polar surface area (TPSA) is 63.1 Å². The van der Waals surface area contributed by atoms with E-state index in [1.807, 2.05) is 0 Å². The minimum absolute atomic E-state index is 0.0527. The molecule has 0 aliphatic rings. The largest absolute Gasteiger partial charge is 0.478 e. The van der Waals surface area contributed by atoms with Gasteiger partial charge in [0.15, 0.2) is 5.82 Å². The molecule has 4 nitrogen and oxygen atoms in total. The lowest BCUT2D eigenvalue weighted by Crippen LogP contribution is -2.06. The maximum Gasteiger partial charge on any atom is 0.336 e. The van der Waals surface area contributed by atoms with Crippen LogP contribution in [0.3, 0.4) is 0 Å². The summed E-state index contributed by atoms with van der Waals surface area (Å²) in [4.78, 5) is 11.4. The molecule has 0 fully saturated rings. The second-order valence-electron chi connectivity index (χ2n) is 4.55. The van der Waals surface area contributed by atoms with Crippen molar-refractivity contribution in [2.45, 2.75) is 6.42 Å². The zero-order valence-corrected chi connectivity index (χ0v) is 14.0. The van der Waals surface area contributed by atoms with E-state index in [2.05, 4.69) is 25.5 Å². The highest BCUT2D eigenvalue weighted by Gasteiger charge is 2.21. The Balaban J connectivity index is 2.18. The highest BCUT2D eigenvalue weighted by Crippen LogP contribution is 2.30. The standard InChI is InChI=1S/C14H7BrClFN2O2S/c15-7-2-1-6(10(16)4-7)3-8-9(14(20)21)5-11-13(12(8)17)18-19-22-11/h1-2,4-5H,3H2,(H,20,21). The number of carboxylic acids is 1. The normalized spacial score (nSPS) is 11.0. The molecule has 0 bridgehead atoms. The quantitative estimate of drug-likeness (QED) is 0.700. The summed E-state index contributed by atoms with van der Waals surface area (Å²) < 4.78 is 19.5. The monoisotopic (exact) mass is 400 g/mol. The van der Waals surface area contributed by atoms with E-state index in [1.165, 1.54) is 6.07 Å². The summed E-state index contributed by atoms with van der Waals surface area (Å²) in [5, 5.41) is 13.5. The third-order valence-corrected chi connectivity index (χ3v) is 4.72. The first-order valence-corrected chi connectivity index (χ1v) is 8.02. The first kappa shape index (κ1) is 15.3. The van der Waals surface area contributed by atoms with E-state index in [0.717, 1.165) is 16.0 Å². The van der Waals surface area contributed by atoms with Gasteiger partial charge in [-0.2, -0.15) is 0 Å². The number of carbonyl (C=O) groups is 1. The van der Waals surface area contributed by atoms with Crippen LogP contribution in [0.2, 0.25) is 5.02 Å². The van der Waals surface area contributed by atoms with Gasteiger partial charge in [0.25, 0.3) is 0 Å². The van der Waals surface area contributed by atoms with Crippen molar-refractivity contribution in [3.63, 3.8) is 0 Å². The van der Waals surface area contributed by atoms with Crippen LogP contribution >= 0.6 is 39.1 Å². The average molecular weight is 402 g/mol. The molecule has 0 amide bonds. The summed E-state index contributed by atoms with van der Waals surface area (Å²) in [6.45, 7) is 0. The van der Waals surface area contributed by atoms with Gasteiger partial charge >= 0.3 is 5.97 Å². The minimum Gasteiger partial charge on any atom is -0.478 e. The number of hydrogen-bond acceptors (Lipinski definition) is 4. The van der Waals surface area contributed by atoms with Crippen molar-refractivity contribution >= 4 is 55.2 Å². The highest BCUT2D eigenvalue weighted by molar-refractivity contribution is 9.10. The first-order chi connectivity index (χ1) is 10.5. The summed E-state index contributed by atoms with van der Waals surface area (Å²) in [6, 6.07) is 6.56. The molecule has 0 radical (unpaired) electrons. The molecule has 0 aliphatic carbocycles. The number of aromatic nitrogens is 2. The number of hydrogen-bond donors (Lipinski definition) is 1. The molecule has 3 aromatic rings. The predicted octanol–water partition coefficient (Wildman–Crippen LogP) is 4.54. The Morgan fingerprint density at radius 2 is 2.18 bits per heavy atom. The van der Waals surface area contributed by atoms with Gasteiger partial charge in [-0.25, -0.2) is 9.18 Å². The van der Waals surface area contributed by atoms with Crippen LogP contribution in [0.4, 0.5) is 4.39 Å². The Bertz CT molecular complexity index is 900. The van der Waals surface area contributed by atoms with Crippen LogP contribution in [0, 0.1) is 5.82 Å². The molecule has 1 aromatic heterocycles. The lowest BCUT2D eigenvalue weighted by atomic mass is 9.98. The van der Waals surface area contributed by atoms with Crippen LogP contribution in [0.15, 0.2) is 28.7 Å². The van der Waals surface area contributed by atoms with Gasteiger partial charge in [0.2, 0.25) is 0 Å². The molecular weight excluding hydrogens is 395 g/mol. The van der Waals surface area contributed by atoms with Gasteiger partial charge in [0.1, 0.15) is 5.52 Å². The number of halogens is 3. The fraction of sp³-hybridized carbons (Fsp3) is 0.0714. The number of nitrogens with zero attached hydrogens (tertiary/aromatic N) is 2. The molecular formula is C14H7BrClFN2O2S. The third-order valence-electron chi connectivity index (χ3n) is 3.20. The molecule has 0 saturated carbocycles. The molecule has 0 aliphatic heterocycles. The van der Waals surface area contributed by atoms with E-state index < -0.39 is 11.8 Å². The van der Waals surface area contributed by atoms with Crippen molar-refractivity contribution in [1.29, 1.82) is 0 Å². The van der Waals surface area contributed by atoms with Crippen LogP contribution in [0.25, 0.3) is 10.2 Å². The molecule has 1 N–H and O–H groups in total. The molecule has 0 atom stereocenters. The summed E-state index contributed by atoms with van der Waals surface area (Å²) in [5.41, 5.74) is 0.666. The summed E-state index contributed by atoms with van der Waals surface area (Å²) >= 11 is 10.4. The van der Waals surface area contributed by atoms with Crippen molar-refractivity contribution in [2.75, 3.05) is 0 Å². The van der Waals surface area contributed by atoms with E-state index in [1.54, 1.807) is 18.2 Å².